The molecule has 2 N–H and O–H groups in total. The zero-order valence-corrected chi connectivity index (χ0v) is 17.5. The number of carbonyl (C=O) groups excluding carboxylic acids is 3. The van der Waals surface area contributed by atoms with E-state index < -0.39 is 34.6 Å². The minimum atomic E-state index is -1.52. The van der Waals surface area contributed by atoms with E-state index in [1.807, 2.05) is 13.8 Å². The summed E-state index contributed by atoms with van der Waals surface area (Å²) in [5.74, 6) is -1.40. The third-order valence-corrected chi connectivity index (χ3v) is 9.67. The average molecular weight is 409 g/mol. The standard InChI is InChI=1S/C22H29ClO5/c1-11-19(27)16(25)9-12-8-15(23)18-13-5-7-22(28,17(26)10-24)20(13,2)6-4-14(18)21(11,12)3/h9,11,13-15,18,24,28H,4-8,10H2,1-3H3/t11?,13-,14-,15?,18-,20-,21-,22-/m0/s1. The number of hydrogen-bond acceptors (Lipinski definition) is 5. The molecule has 4 rings (SSSR count). The molecule has 0 aromatic carbocycles. The summed E-state index contributed by atoms with van der Waals surface area (Å²) in [5, 5.41) is 20.5. The fourth-order valence-corrected chi connectivity index (χ4v) is 7.86. The van der Waals surface area contributed by atoms with Gasteiger partial charge in [-0.15, -0.1) is 11.6 Å². The van der Waals surface area contributed by atoms with E-state index in [0.717, 1.165) is 12.0 Å². The summed E-state index contributed by atoms with van der Waals surface area (Å²) in [4.78, 5) is 37.1. The van der Waals surface area contributed by atoms with Crippen molar-refractivity contribution in [3.63, 3.8) is 0 Å². The summed E-state index contributed by atoms with van der Waals surface area (Å²) in [6, 6.07) is 0. The van der Waals surface area contributed by atoms with Crippen molar-refractivity contribution in [2.45, 2.75) is 63.9 Å². The van der Waals surface area contributed by atoms with Gasteiger partial charge in [-0.2, -0.15) is 0 Å². The van der Waals surface area contributed by atoms with Gasteiger partial charge in [0.05, 0.1) is 0 Å². The summed E-state index contributed by atoms with van der Waals surface area (Å²) in [5.41, 5.74) is -1.58. The van der Waals surface area contributed by atoms with Crippen molar-refractivity contribution in [3.8, 4) is 0 Å². The number of hydrogen-bond donors (Lipinski definition) is 2. The lowest BCUT2D eigenvalue weighted by Crippen LogP contribution is -2.61. The molecule has 0 aromatic heterocycles. The predicted octanol–water partition coefficient (Wildman–Crippen LogP) is 2.45. The molecule has 8 atom stereocenters. The zero-order chi connectivity index (χ0) is 20.6. The number of carbonyl (C=O) groups is 3. The molecule has 0 amide bonds. The van der Waals surface area contributed by atoms with Crippen LogP contribution in [-0.4, -0.2) is 45.1 Å². The Kier molecular flexibility index (Phi) is 4.50. The summed E-state index contributed by atoms with van der Waals surface area (Å²) in [7, 11) is 0. The van der Waals surface area contributed by atoms with Crippen LogP contribution in [0.25, 0.3) is 0 Å². The lowest BCUT2D eigenvalue weighted by Gasteiger charge is -2.61. The minimum Gasteiger partial charge on any atom is -0.388 e. The van der Waals surface area contributed by atoms with Gasteiger partial charge in [0, 0.05) is 22.1 Å². The normalized spacial score (nSPS) is 50.5. The smallest absolute Gasteiger partial charge is 0.221 e. The summed E-state index contributed by atoms with van der Waals surface area (Å²) in [6.45, 7) is 5.25. The molecule has 4 aliphatic carbocycles. The van der Waals surface area contributed by atoms with E-state index in [1.54, 1.807) is 0 Å². The van der Waals surface area contributed by atoms with E-state index >= 15 is 0 Å². The van der Waals surface area contributed by atoms with Crippen LogP contribution in [0, 0.1) is 34.5 Å². The van der Waals surface area contributed by atoms with Crippen LogP contribution in [0.2, 0.25) is 0 Å². The van der Waals surface area contributed by atoms with Crippen LogP contribution in [0.5, 0.6) is 0 Å². The number of rotatable bonds is 2. The first-order valence-electron chi connectivity index (χ1n) is 10.3. The van der Waals surface area contributed by atoms with Gasteiger partial charge in [-0.25, -0.2) is 0 Å². The van der Waals surface area contributed by atoms with Gasteiger partial charge in [0.25, 0.3) is 0 Å². The highest BCUT2D eigenvalue weighted by Gasteiger charge is 2.68. The second kappa shape index (κ2) is 6.23. The first-order valence-corrected chi connectivity index (χ1v) is 10.8. The molecule has 5 nitrogen and oxygen atoms in total. The average Bonchev–Trinajstić information content (AvgIpc) is 2.94. The highest BCUT2D eigenvalue weighted by atomic mass is 35.5. The highest BCUT2D eigenvalue weighted by Crippen LogP contribution is 2.68. The van der Waals surface area contributed by atoms with E-state index in [1.165, 1.54) is 6.08 Å². The molecule has 28 heavy (non-hydrogen) atoms. The summed E-state index contributed by atoms with van der Waals surface area (Å²) < 4.78 is 0. The van der Waals surface area contributed by atoms with E-state index in [-0.39, 0.29) is 34.8 Å². The number of aliphatic hydroxyl groups excluding tert-OH is 1. The molecule has 0 aromatic rings. The molecule has 0 saturated heterocycles. The molecule has 0 spiro atoms. The van der Waals surface area contributed by atoms with Crippen molar-refractivity contribution in [2.24, 2.45) is 34.5 Å². The van der Waals surface area contributed by atoms with E-state index in [9.17, 15) is 24.6 Å². The largest absolute Gasteiger partial charge is 0.388 e. The van der Waals surface area contributed by atoms with Gasteiger partial charge in [-0.05, 0) is 55.9 Å². The predicted molar refractivity (Wildman–Crippen MR) is 104 cm³/mol. The monoisotopic (exact) mass is 408 g/mol. The van der Waals surface area contributed by atoms with Gasteiger partial charge in [-0.3, -0.25) is 14.4 Å². The highest BCUT2D eigenvalue weighted by molar-refractivity contribution is 6.43. The van der Waals surface area contributed by atoms with Crippen molar-refractivity contribution in [1.29, 1.82) is 0 Å². The zero-order valence-electron chi connectivity index (χ0n) is 16.7. The number of allylic oxidation sites excluding steroid dienone is 1. The van der Waals surface area contributed by atoms with Crippen molar-refractivity contribution >= 4 is 29.0 Å². The van der Waals surface area contributed by atoms with E-state index in [0.29, 0.717) is 25.7 Å². The molecule has 0 radical (unpaired) electrons. The van der Waals surface area contributed by atoms with Gasteiger partial charge in [0.15, 0.2) is 5.78 Å². The lowest BCUT2D eigenvalue weighted by atomic mass is 9.44. The molecule has 0 bridgehead atoms. The van der Waals surface area contributed by atoms with Gasteiger partial charge < -0.3 is 10.2 Å². The number of Topliss-reactive ketones (excluding diaryl/α,β-unsaturated/α-hetero) is 2. The van der Waals surface area contributed by atoms with Crippen molar-refractivity contribution < 1.29 is 24.6 Å². The molecular formula is C22H29ClO5. The van der Waals surface area contributed by atoms with Crippen LogP contribution in [0.3, 0.4) is 0 Å². The van der Waals surface area contributed by atoms with Crippen molar-refractivity contribution in [2.75, 3.05) is 6.61 Å². The summed E-state index contributed by atoms with van der Waals surface area (Å²) >= 11 is 6.89. The fraction of sp³-hybridized carbons (Fsp3) is 0.773. The van der Waals surface area contributed by atoms with Crippen LogP contribution in [-0.2, 0) is 14.4 Å². The quantitative estimate of drug-likeness (QED) is 0.541. The Hall–Kier alpha value is -1.04. The Morgan fingerprint density at radius 1 is 1.21 bits per heavy atom. The van der Waals surface area contributed by atoms with Crippen LogP contribution < -0.4 is 0 Å². The molecule has 2 unspecified atom stereocenters. The van der Waals surface area contributed by atoms with Crippen molar-refractivity contribution in [1.82, 2.24) is 0 Å². The lowest BCUT2D eigenvalue weighted by molar-refractivity contribution is -0.166. The third-order valence-electron chi connectivity index (χ3n) is 9.22. The van der Waals surface area contributed by atoms with Crippen LogP contribution in [0.1, 0.15) is 52.9 Å². The minimum absolute atomic E-state index is 0.0487. The maximum atomic E-state index is 12.5. The van der Waals surface area contributed by atoms with Crippen LogP contribution in [0.15, 0.2) is 11.6 Å². The maximum Gasteiger partial charge on any atom is 0.221 e. The first kappa shape index (κ1) is 20.2. The van der Waals surface area contributed by atoms with Gasteiger partial charge in [-0.1, -0.05) is 26.3 Å². The molecule has 3 saturated carbocycles. The SMILES string of the molecule is CC1C(=O)C(=O)C=C2CC(Cl)[C@H]3[C@@H]4CC[C@](O)(C(=O)CO)[C@@]4(C)CC[C@@H]3[C@]21C. The number of halogens is 1. The second-order valence-electron chi connectivity index (χ2n) is 9.85. The Morgan fingerprint density at radius 3 is 2.50 bits per heavy atom. The number of ketones is 3. The van der Waals surface area contributed by atoms with Crippen LogP contribution >= 0.6 is 11.6 Å². The Morgan fingerprint density at radius 2 is 1.86 bits per heavy atom. The fourth-order valence-electron chi connectivity index (χ4n) is 7.34. The van der Waals surface area contributed by atoms with Gasteiger partial charge >= 0.3 is 0 Å². The topological polar surface area (TPSA) is 91.7 Å². The number of aliphatic hydroxyl groups is 2. The third kappa shape index (κ3) is 2.24. The molecule has 154 valence electrons. The molecule has 3 fully saturated rings. The van der Waals surface area contributed by atoms with Crippen molar-refractivity contribution in [3.05, 3.63) is 11.6 Å². The van der Waals surface area contributed by atoms with E-state index in [4.69, 9.17) is 11.6 Å². The van der Waals surface area contributed by atoms with Crippen LogP contribution in [0.4, 0.5) is 0 Å². The maximum absolute atomic E-state index is 12.5. The molecular weight excluding hydrogens is 380 g/mol. The number of fused-ring (bicyclic) bond motifs is 5. The van der Waals surface area contributed by atoms with Gasteiger partial charge in [0.1, 0.15) is 12.2 Å². The van der Waals surface area contributed by atoms with E-state index in [2.05, 4.69) is 6.92 Å². The Bertz CT molecular complexity index is 790. The first-order chi connectivity index (χ1) is 13.0. The Balaban J connectivity index is 1.78. The molecule has 0 aliphatic heterocycles. The Labute approximate surface area is 170 Å². The molecule has 6 heteroatoms. The second-order valence-corrected chi connectivity index (χ2v) is 10.4. The van der Waals surface area contributed by atoms with Gasteiger partial charge in [0.2, 0.25) is 11.6 Å². The number of alkyl halides is 1. The molecule has 0 heterocycles. The molecule has 4 aliphatic rings. The summed E-state index contributed by atoms with van der Waals surface area (Å²) in [6.07, 6.45) is 4.47.